The number of rotatable bonds is 5. The summed E-state index contributed by atoms with van der Waals surface area (Å²) in [4.78, 5) is 11.7. The van der Waals surface area contributed by atoms with Crippen molar-refractivity contribution in [2.75, 3.05) is 5.43 Å². The van der Waals surface area contributed by atoms with Gasteiger partial charge < -0.3 is 4.74 Å². The van der Waals surface area contributed by atoms with Crippen LogP contribution in [0.25, 0.3) is 0 Å². The van der Waals surface area contributed by atoms with Crippen LogP contribution in [0.5, 0.6) is 0 Å². The largest absolute Gasteiger partial charge is 0.455 e. The zero-order chi connectivity index (χ0) is 15.9. The van der Waals surface area contributed by atoms with Crippen molar-refractivity contribution in [3.05, 3.63) is 64.1 Å². The number of carbonyl (C=O) groups is 1. The van der Waals surface area contributed by atoms with Crippen molar-refractivity contribution in [3.8, 4) is 0 Å². The molecule has 0 aliphatic heterocycles. The molecule has 7 heteroatoms. The molecular formula is C15H11Cl3N2O2. The Morgan fingerprint density at radius 1 is 1.09 bits per heavy atom. The molecule has 22 heavy (non-hydrogen) atoms. The fourth-order valence-electron chi connectivity index (χ4n) is 1.51. The Labute approximate surface area is 142 Å². The molecule has 1 N–H and O–H groups in total. The van der Waals surface area contributed by atoms with E-state index in [9.17, 15) is 4.79 Å². The van der Waals surface area contributed by atoms with E-state index in [1.165, 1.54) is 0 Å². The number of nitrogens with one attached hydrogen (secondary N) is 1. The monoisotopic (exact) mass is 356 g/mol. The standard InChI is InChI=1S/C15H11Cl3N2O2/c16-12-7-6-11(8-13(12)17)19-20-14(18)15(21)22-9-10-4-2-1-3-5-10/h1-8,19H,9H2. The normalized spacial score (nSPS) is 11.1. The molecule has 2 rings (SSSR count). The average Bonchev–Trinajstić information content (AvgIpc) is 2.54. The molecule has 0 amide bonds. The predicted octanol–water partition coefficient (Wildman–Crippen LogP) is 4.70. The highest BCUT2D eigenvalue weighted by Crippen LogP contribution is 2.24. The van der Waals surface area contributed by atoms with E-state index in [0.29, 0.717) is 15.7 Å². The lowest BCUT2D eigenvalue weighted by Gasteiger charge is -2.05. The molecule has 0 saturated carbocycles. The minimum atomic E-state index is -0.724. The van der Waals surface area contributed by atoms with Crippen LogP contribution in [0.2, 0.25) is 10.0 Å². The van der Waals surface area contributed by atoms with Gasteiger partial charge in [-0.3, -0.25) is 5.43 Å². The van der Waals surface area contributed by atoms with Crippen LogP contribution in [0.15, 0.2) is 53.6 Å². The van der Waals surface area contributed by atoms with Crippen molar-refractivity contribution in [1.29, 1.82) is 0 Å². The van der Waals surface area contributed by atoms with Crippen LogP contribution >= 0.6 is 34.8 Å². The molecule has 0 unspecified atom stereocenters. The third-order valence-electron chi connectivity index (χ3n) is 2.58. The first-order chi connectivity index (χ1) is 10.6. The molecule has 0 saturated heterocycles. The van der Waals surface area contributed by atoms with Gasteiger partial charge in [0.05, 0.1) is 15.7 Å². The minimum absolute atomic E-state index is 0.123. The molecule has 0 radical (unpaired) electrons. The number of ether oxygens (including phenoxy) is 1. The van der Waals surface area contributed by atoms with E-state index >= 15 is 0 Å². The molecule has 2 aromatic rings. The summed E-state index contributed by atoms with van der Waals surface area (Å²) in [7, 11) is 0. The van der Waals surface area contributed by atoms with Crippen LogP contribution in [0, 0.1) is 0 Å². The molecule has 0 fully saturated rings. The number of hydrogen-bond donors (Lipinski definition) is 1. The van der Waals surface area contributed by atoms with Crippen LogP contribution in [-0.4, -0.2) is 11.1 Å². The van der Waals surface area contributed by atoms with Gasteiger partial charge >= 0.3 is 5.97 Å². The van der Waals surface area contributed by atoms with Crippen LogP contribution < -0.4 is 5.43 Å². The first-order valence-corrected chi connectivity index (χ1v) is 7.35. The minimum Gasteiger partial charge on any atom is -0.455 e. The molecule has 0 aliphatic carbocycles. The van der Waals surface area contributed by atoms with Crippen LogP contribution in [0.3, 0.4) is 0 Å². The summed E-state index contributed by atoms with van der Waals surface area (Å²) in [6, 6.07) is 14.1. The summed E-state index contributed by atoms with van der Waals surface area (Å²) in [5, 5.41) is 4.20. The third kappa shape index (κ3) is 4.91. The molecule has 0 heterocycles. The molecular weight excluding hydrogens is 347 g/mol. The van der Waals surface area contributed by atoms with Crippen LogP contribution in [0.1, 0.15) is 5.56 Å². The van der Waals surface area contributed by atoms with E-state index in [2.05, 4.69) is 10.5 Å². The molecule has 0 spiro atoms. The van der Waals surface area contributed by atoms with E-state index in [4.69, 9.17) is 39.5 Å². The second kappa shape index (κ2) is 8.03. The third-order valence-corrected chi connectivity index (χ3v) is 3.56. The Kier molecular flexibility index (Phi) is 6.07. The first kappa shape index (κ1) is 16.6. The zero-order valence-corrected chi connectivity index (χ0v) is 13.5. The highest BCUT2D eigenvalue weighted by molar-refractivity contribution is 6.82. The Balaban J connectivity index is 1.90. The van der Waals surface area contributed by atoms with E-state index in [-0.39, 0.29) is 11.8 Å². The maximum absolute atomic E-state index is 11.7. The smallest absolute Gasteiger partial charge is 0.371 e. The Morgan fingerprint density at radius 3 is 2.50 bits per heavy atom. The fourth-order valence-corrected chi connectivity index (χ4v) is 1.90. The number of anilines is 1. The summed E-state index contributed by atoms with van der Waals surface area (Å²) in [6.07, 6.45) is 0. The van der Waals surface area contributed by atoms with E-state index in [0.717, 1.165) is 5.56 Å². The number of hydrazone groups is 1. The van der Waals surface area contributed by atoms with Crippen LogP contribution in [0.4, 0.5) is 5.69 Å². The van der Waals surface area contributed by atoms with Gasteiger partial charge in [0.25, 0.3) is 0 Å². The molecule has 114 valence electrons. The number of halogens is 3. The molecule has 0 aromatic heterocycles. The summed E-state index contributed by atoms with van der Waals surface area (Å²) in [5.74, 6) is -0.724. The first-order valence-electron chi connectivity index (χ1n) is 6.21. The quantitative estimate of drug-likeness (QED) is 0.479. The van der Waals surface area contributed by atoms with E-state index < -0.39 is 5.97 Å². The molecule has 0 bridgehead atoms. The van der Waals surface area contributed by atoms with Crippen molar-refractivity contribution in [3.63, 3.8) is 0 Å². The lowest BCUT2D eigenvalue weighted by Crippen LogP contribution is -2.13. The van der Waals surface area contributed by atoms with Gasteiger partial charge in [-0.1, -0.05) is 65.1 Å². The molecule has 4 nitrogen and oxygen atoms in total. The predicted molar refractivity (Wildman–Crippen MR) is 89.6 cm³/mol. The summed E-state index contributed by atoms with van der Waals surface area (Å²) in [5.41, 5.74) is 4.01. The topological polar surface area (TPSA) is 50.7 Å². The van der Waals surface area contributed by atoms with Gasteiger partial charge in [-0.05, 0) is 23.8 Å². The van der Waals surface area contributed by atoms with Crippen molar-refractivity contribution in [1.82, 2.24) is 0 Å². The van der Waals surface area contributed by atoms with Gasteiger partial charge in [-0.25, -0.2) is 4.79 Å². The summed E-state index contributed by atoms with van der Waals surface area (Å²) < 4.78 is 5.03. The van der Waals surface area contributed by atoms with Crippen molar-refractivity contribution < 1.29 is 9.53 Å². The number of esters is 1. The SMILES string of the molecule is O=C(OCc1ccccc1)C(Cl)=NNc1ccc(Cl)c(Cl)c1. The van der Waals surface area contributed by atoms with Crippen molar-refractivity contribution >= 4 is 51.6 Å². The lowest BCUT2D eigenvalue weighted by molar-refractivity contribution is -0.136. The number of hydrogen-bond acceptors (Lipinski definition) is 4. The lowest BCUT2D eigenvalue weighted by atomic mass is 10.2. The molecule has 0 aliphatic rings. The van der Waals surface area contributed by atoms with Crippen LogP contribution in [-0.2, 0) is 16.1 Å². The van der Waals surface area contributed by atoms with E-state index in [1.54, 1.807) is 18.2 Å². The summed E-state index contributed by atoms with van der Waals surface area (Å²) >= 11 is 17.4. The van der Waals surface area contributed by atoms with E-state index in [1.807, 2.05) is 30.3 Å². The Bertz CT molecular complexity index is 690. The summed E-state index contributed by atoms with van der Waals surface area (Å²) in [6.45, 7) is 0.123. The average molecular weight is 358 g/mol. The Morgan fingerprint density at radius 2 is 1.82 bits per heavy atom. The van der Waals surface area contributed by atoms with Gasteiger partial charge in [0.15, 0.2) is 0 Å². The van der Waals surface area contributed by atoms with Crippen molar-refractivity contribution in [2.24, 2.45) is 5.10 Å². The van der Waals surface area contributed by atoms with Gasteiger partial charge in [0.1, 0.15) is 6.61 Å². The molecule has 2 aromatic carbocycles. The molecule has 0 atom stereocenters. The van der Waals surface area contributed by atoms with Gasteiger partial charge in [-0.15, -0.1) is 0 Å². The second-order valence-electron chi connectivity index (χ2n) is 4.21. The zero-order valence-electron chi connectivity index (χ0n) is 11.2. The van der Waals surface area contributed by atoms with Gasteiger partial charge in [-0.2, -0.15) is 5.10 Å². The number of carbonyl (C=O) groups excluding carboxylic acids is 1. The fraction of sp³-hybridized carbons (Fsp3) is 0.0667. The maximum atomic E-state index is 11.7. The second-order valence-corrected chi connectivity index (χ2v) is 5.38. The number of benzene rings is 2. The number of nitrogens with zero attached hydrogens (tertiary/aromatic N) is 1. The highest BCUT2D eigenvalue weighted by Gasteiger charge is 2.10. The Hall–Kier alpha value is -1.75. The van der Waals surface area contributed by atoms with Crippen molar-refractivity contribution in [2.45, 2.75) is 6.61 Å². The van der Waals surface area contributed by atoms with Gasteiger partial charge in [0, 0.05) is 0 Å². The van der Waals surface area contributed by atoms with Gasteiger partial charge in [0.2, 0.25) is 5.17 Å². The highest BCUT2D eigenvalue weighted by atomic mass is 35.5. The maximum Gasteiger partial charge on any atom is 0.371 e.